The zero-order chi connectivity index (χ0) is 15.3. The molecule has 116 valence electrons. The first-order valence-corrected chi connectivity index (χ1v) is 7.89. The summed E-state index contributed by atoms with van der Waals surface area (Å²) in [4.78, 5) is 26.2. The van der Waals surface area contributed by atoms with E-state index in [1.807, 2.05) is 23.1 Å². The molecule has 4 rings (SSSR count). The molecule has 1 aromatic carbocycles. The molecule has 1 amide bonds. The van der Waals surface area contributed by atoms with E-state index >= 15 is 0 Å². The van der Waals surface area contributed by atoms with Crippen molar-refractivity contribution in [3.05, 3.63) is 35.4 Å². The van der Waals surface area contributed by atoms with Gasteiger partial charge in [0.2, 0.25) is 5.91 Å². The molecule has 0 radical (unpaired) electrons. The predicted octanol–water partition coefficient (Wildman–Crippen LogP) is 1.45. The minimum absolute atomic E-state index is 0.0471. The molecule has 3 heterocycles. The Balaban J connectivity index is 1.56. The third kappa shape index (κ3) is 2.03. The summed E-state index contributed by atoms with van der Waals surface area (Å²) in [5.74, 6) is -2.14. The Morgan fingerprint density at radius 3 is 2.50 bits per heavy atom. The van der Waals surface area contributed by atoms with Crippen LogP contribution in [0, 0.1) is 11.8 Å². The number of rotatable bonds is 2. The summed E-state index contributed by atoms with van der Waals surface area (Å²) in [6, 6.07) is 8.13. The molecule has 1 aromatic rings. The van der Waals surface area contributed by atoms with Crippen molar-refractivity contribution in [2.45, 2.75) is 38.0 Å². The second kappa shape index (κ2) is 5.09. The highest BCUT2D eigenvalue weighted by molar-refractivity contribution is 5.86. The van der Waals surface area contributed by atoms with E-state index in [1.54, 1.807) is 0 Å². The van der Waals surface area contributed by atoms with Crippen molar-refractivity contribution in [3.8, 4) is 0 Å². The molecule has 5 heteroatoms. The molecule has 2 bridgehead atoms. The summed E-state index contributed by atoms with van der Waals surface area (Å²) in [6.07, 6.45) is 1.90. The summed E-state index contributed by atoms with van der Waals surface area (Å²) in [7, 11) is 0. The Kier molecular flexibility index (Phi) is 3.18. The van der Waals surface area contributed by atoms with Gasteiger partial charge in [-0.15, -0.1) is 0 Å². The minimum atomic E-state index is -0.900. The lowest BCUT2D eigenvalue weighted by molar-refractivity contribution is -0.151. The van der Waals surface area contributed by atoms with Gasteiger partial charge in [-0.3, -0.25) is 9.59 Å². The topological polar surface area (TPSA) is 66.8 Å². The summed E-state index contributed by atoms with van der Waals surface area (Å²) < 4.78 is 5.71. The van der Waals surface area contributed by atoms with Crippen LogP contribution < -0.4 is 0 Å². The van der Waals surface area contributed by atoms with Gasteiger partial charge in [0.05, 0.1) is 24.0 Å². The van der Waals surface area contributed by atoms with Crippen molar-refractivity contribution >= 4 is 11.9 Å². The molecular weight excluding hydrogens is 282 g/mol. The lowest BCUT2D eigenvalue weighted by Crippen LogP contribution is -2.47. The van der Waals surface area contributed by atoms with Crippen molar-refractivity contribution in [2.75, 3.05) is 6.54 Å². The molecule has 0 spiro atoms. The van der Waals surface area contributed by atoms with Crippen LogP contribution in [0.1, 0.15) is 24.0 Å². The first kappa shape index (κ1) is 13.8. The number of amides is 1. The molecule has 2 saturated heterocycles. The highest BCUT2D eigenvalue weighted by atomic mass is 16.5. The second-order valence-electron chi connectivity index (χ2n) is 6.46. The number of benzene rings is 1. The summed E-state index contributed by atoms with van der Waals surface area (Å²) in [5, 5.41) is 9.46. The molecule has 2 fully saturated rings. The van der Waals surface area contributed by atoms with Gasteiger partial charge < -0.3 is 14.7 Å². The number of nitrogens with zero attached hydrogens (tertiary/aromatic N) is 1. The molecule has 0 unspecified atom stereocenters. The lowest BCUT2D eigenvalue weighted by atomic mass is 9.78. The maximum absolute atomic E-state index is 12.9. The molecule has 1 N–H and O–H groups in total. The number of hydrogen-bond donors (Lipinski definition) is 1. The predicted molar refractivity (Wildman–Crippen MR) is 78.1 cm³/mol. The van der Waals surface area contributed by atoms with Crippen LogP contribution in [0.4, 0.5) is 0 Å². The van der Waals surface area contributed by atoms with E-state index in [0.29, 0.717) is 13.1 Å². The van der Waals surface area contributed by atoms with Crippen molar-refractivity contribution in [1.29, 1.82) is 0 Å². The molecule has 22 heavy (non-hydrogen) atoms. The SMILES string of the molecule is O=C(O)[C@H]1[C@@H](C(=O)N2CCc3ccccc3C2)[C@H]2CC[C@@H]1O2. The first-order valence-electron chi connectivity index (χ1n) is 7.89. The molecule has 5 nitrogen and oxygen atoms in total. The molecule has 4 atom stereocenters. The van der Waals surface area contributed by atoms with Gasteiger partial charge in [-0.25, -0.2) is 0 Å². The van der Waals surface area contributed by atoms with Crippen LogP contribution in [0.5, 0.6) is 0 Å². The van der Waals surface area contributed by atoms with Crippen LogP contribution in [-0.4, -0.2) is 40.6 Å². The maximum atomic E-state index is 12.9. The van der Waals surface area contributed by atoms with Gasteiger partial charge in [0.1, 0.15) is 0 Å². The van der Waals surface area contributed by atoms with Gasteiger partial charge >= 0.3 is 5.97 Å². The largest absolute Gasteiger partial charge is 0.481 e. The lowest BCUT2D eigenvalue weighted by Gasteiger charge is -2.34. The first-order chi connectivity index (χ1) is 10.6. The molecule has 0 aliphatic carbocycles. The van der Waals surface area contributed by atoms with Crippen LogP contribution >= 0.6 is 0 Å². The normalized spacial score (nSPS) is 32.8. The number of ether oxygens (including phenoxy) is 1. The smallest absolute Gasteiger partial charge is 0.310 e. The number of carboxylic acid groups (broad SMARTS) is 1. The van der Waals surface area contributed by atoms with E-state index in [-0.39, 0.29) is 18.1 Å². The standard InChI is InChI=1S/C17H19NO4/c19-16(14-12-5-6-13(22-12)15(14)17(20)21)18-8-7-10-3-1-2-4-11(10)9-18/h1-4,12-15H,5-9H2,(H,20,21)/t12-,13+,14+,15-/m1/s1. The van der Waals surface area contributed by atoms with Crippen molar-refractivity contribution in [1.82, 2.24) is 4.90 Å². The number of carbonyl (C=O) groups is 2. The van der Waals surface area contributed by atoms with E-state index in [0.717, 1.165) is 24.8 Å². The van der Waals surface area contributed by atoms with Crippen LogP contribution in [0.15, 0.2) is 24.3 Å². The average Bonchev–Trinajstić information content (AvgIpc) is 3.14. The minimum Gasteiger partial charge on any atom is -0.481 e. The van der Waals surface area contributed by atoms with E-state index in [2.05, 4.69) is 6.07 Å². The highest BCUT2D eigenvalue weighted by Crippen LogP contribution is 2.44. The van der Waals surface area contributed by atoms with E-state index in [1.165, 1.54) is 5.56 Å². The quantitative estimate of drug-likeness (QED) is 0.898. The summed E-state index contributed by atoms with van der Waals surface area (Å²) >= 11 is 0. The van der Waals surface area contributed by atoms with Gasteiger partial charge in [0, 0.05) is 13.1 Å². The Hall–Kier alpha value is -1.88. The third-order valence-corrected chi connectivity index (χ3v) is 5.29. The fourth-order valence-electron chi connectivity index (χ4n) is 4.20. The van der Waals surface area contributed by atoms with Crippen LogP contribution in [0.25, 0.3) is 0 Å². The zero-order valence-corrected chi connectivity index (χ0v) is 12.3. The monoisotopic (exact) mass is 301 g/mol. The Bertz CT molecular complexity index is 629. The van der Waals surface area contributed by atoms with Gasteiger partial charge in [-0.2, -0.15) is 0 Å². The Labute approximate surface area is 128 Å². The summed E-state index contributed by atoms with van der Waals surface area (Å²) in [5.41, 5.74) is 2.45. The van der Waals surface area contributed by atoms with Crippen molar-refractivity contribution in [2.24, 2.45) is 11.8 Å². The van der Waals surface area contributed by atoms with Gasteiger partial charge in [-0.05, 0) is 30.4 Å². The second-order valence-corrected chi connectivity index (χ2v) is 6.46. The van der Waals surface area contributed by atoms with Crippen molar-refractivity contribution in [3.63, 3.8) is 0 Å². The van der Waals surface area contributed by atoms with Gasteiger partial charge in [0.15, 0.2) is 0 Å². The van der Waals surface area contributed by atoms with Gasteiger partial charge in [-0.1, -0.05) is 24.3 Å². The average molecular weight is 301 g/mol. The van der Waals surface area contributed by atoms with E-state index < -0.39 is 17.8 Å². The molecule has 0 aromatic heterocycles. The third-order valence-electron chi connectivity index (χ3n) is 5.29. The summed E-state index contributed by atoms with van der Waals surface area (Å²) in [6.45, 7) is 1.24. The van der Waals surface area contributed by atoms with Gasteiger partial charge in [0.25, 0.3) is 0 Å². The maximum Gasteiger partial charge on any atom is 0.310 e. The zero-order valence-electron chi connectivity index (χ0n) is 12.3. The molecule has 3 aliphatic rings. The number of hydrogen-bond acceptors (Lipinski definition) is 3. The number of aliphatic carboxylic acids is 1. The van der Waals surface area contributed by atoms with Crippen LogP contribution in [0.3, 0.4) is 0 Å². The fraction of sp³-hybridized carbons (Fsp3) is 0.529. The number of fused-ring (bicyclic) bond motifs is 3. The molecule has 0 saturated carbocycles. The number of carbonyl (C=O) groups excluding carboxylic acids is 1. The van der Waals surface area contributed by atoms with E-state index in [4.69, 9.17) is 4.74 Å². The van der Waals surface area contributed by atoms with E-state index in [9.17, 15) is 14.7 Å². The van der Waals surface area contributed by atoms with Crippen LogP contribution in [-0.2, 0) is 27.3 Å². The Morgan fingerprint density at radius 2 is 1.77 bits per heavy atom. The number of carboxylic acids is 1. The Morgan fingerprint density at radius 1 is 1.09 bits per heavy atom. The molecular formula is C17H19NO4. The highest BCUT2D eigenvalue weighted by Gasteiger charge is 2.56. The molecule has 3 aliphatic heterocycles. The fourth-order valence-corrected chi connectivity index (χ4v) is 4.20. The van der Waals surface area contributed by atoms with Crippen LogP contribution in [0.2, 0.25) is 0 Å². The van der Waals surface area contributed by atoms with Crippen molar-refractivity contribution < 1.29 is 19.4 Å².